The van der Waals surface area contributed by atoms with Crippen LogP contribution in [0.3, 0.4) is 0 Å². The van der Waals surface area contributed by atoms with Gasteiger partial charge in [-0.15, -0.1) is 0 Å². The number of aromatic nitrogens is 2. The topological polar surface area (TPSA) is 78.7 Å². The van der Waals surface area contributed by atoms with Crippen molar-refractivity contribution in [2.45, 2.75) is 46.2 Å². The van der Waals surface area contributed by atoms with Gasteiger partial charge in [-0.05, 0) is 19.8 Å². The van der Waals surface area contributed by atoms with Crippen molar-refractivity contribution < 1.29 is 14.7 Å². The predicted molar refractivity (Wildman–Crippen MR) is 91.9 cm³/mol. The highest BCUT2D eigenvalue weighted by atomic mass is 16.4. The lowest BCUT2D eigenvalue weighted by molar-refractivity contribution is -0.142. The number of aryl methyl sites for hydroxylation is 2. The summed E-state index contributed by atoms with van der Waals surface area (Å²) in [5.41, 5.74) is 1.61. The molecular weight excluding hydrogens is 308 g/mol. The first-order valence-electron chi connectivity index (χ1n) is 8.32. The summed E-state index contributed by atoms with van der Waals surface area (Å²) >= 11 is 0. The van der Waals surface area contributed by atoms with Gasteiger partial charge in [0.2, 0.25) is 5.91 Å². The fraction of sp³-hybridized carbons (Fsp3) is 0.706. The Bertz CT molecular complexity index is 651. The van der Waals surface area contributed by atoms with E-state index in [4.69, 9.17) is 0 Å². The molecule has 0 aliphatic carbocycles. The van der Waals surface area contributed by atoms with Gasteiger partial charge in [0.05, 0.1) is 17.7 Å². The fourth-order valence-electron chi connectivity index (χ4n) is 3.66. The molecule has 1 saturated heterocycles. The minimum absolute atomic E-state index is 0.0399. The van der Waals surface area contributed by atoms with Crippen LogP contribution < -0.4 is 4.90 Å². The van der Waals surface area contributed by atoms with Gasteiger partial charge in [-0.1, -0.05) is 13.8 Å². The first kappa shape index (κ1) is 18.3. The van der Waals surface area contributed by atoms with Crippen molar-refractivity contribution in [1.29, 1.82) is 0 Å². The Hall–Kier alpha value is -2.05. The standard InChI is InChI=1S/C17H28N4O3/c1-9(2)11(4)21-13(22)8-12(17(23)24)15(21)14-10(3)18-20(7)16(14)19(5)6/h9,11-12,15H,8H2,1-7H3,(H,23,24)/t11-,12-,15+/m1/s1. The van der Waals surface area contributed by atoms with Gasteiger partial charge in [-0.2, -0.15) is 5.10 Å². The quantitative estimate of drug-likeness (QED) is 0.887. The highest BCUT2D eigenvalue weighted by Crippen LogP contribution is 2.45. The van der Waals surface area contributed by atoms with Crippen molar-refractivity contribution >= 4 is 17.7 Å². The predicted octanol–water partition coefficient (Wildman–Crippen LogP) is 1.81. The second-order valence-corrected chi connectivity index (χ2v) is 7.22. The van der Waals surface area contributed by atoms with E-state index in [9.17, 15) is 14.7 Å². The number of carbonyl (C=O) groups is 2. The molecule has 0 bridgehead atoms. The summed E-state index contributed by atoms with van der Waals surface area (Å²) in [6, 6.07) is -0.528. The molecule has 134 valence electrons. The molecule has 1 aliphatic rings. The van der Waals surface area contributed by atoms with Crippen molar-refractivity contribution in [3.8, 4) is 0 Å². The van der Waals surface area contributed by atoms with Crippen molar-refractivity contribution in [3.63, 3.8) is 0 Å². The number of hydrogen-bond acceptors (Lipinski definition) is 4. The maximum absolute atomic E-state index is 12.6. The highest BCUT2D eigenvalue weighted by molar-refractivity contribution is 5.88. The minimum Gasteiger partial charge on any atom is -0.481 e. The van der Waals surface area contributed by atoms with Gasteiger partial charge < -0.3 is 14.9 Å². The summed E-state index contributed by atoms with van der Waals surface area (Å²) in [6.45, 7) is 7.96. The van der Waals surface area contributed by atoms with Crippen LogP contribution in [0.25, 0.3) is 0 Å². The normalized spacial score (nSPS) is 22.3. The molecule has 0 saturated carbocycles. The zero-order valence-electron chi connectivity index (χ0n) is 15.6. The lowest BCUT2D eigenvalue weighted by atomic mass is 9.91. The first-order valence-corrected chi connectivity index (χ1v) is 8.32. The molecule has 0 aromatic carbocycles. The molecule has 7 heteroatoms. The Kier molecular flexibility index (Phi) is 4.92. The highest BCUT2D eigenvalue weighted by Gasteiger charge is 2.49. The largest absolute Gasteiger partial charge is 0.481 e. The van der Waals surface area contributed by atoms with E-state index in [2.05, 4.69) is 5.10 Å². The van der Waals surface area contributed by atoms with Crippen molar-refractivity contribution in [1.82, 2.24) is 14.7 Å². The average molecular weight is 336 g/mol. The van der Waals surface area contributed by atoms with Crippen LogP contribution in [-0.4, -0.2) is 51.8 Å². The third kappa shape index (κ3) is 2.87. The van der Waals surface area contributed by atoms with E-state index >= 15 is 0 Å². The Balaban J connectivity index is 2.65. The molecule has 1 aromatic rings. The number of carboxylic acids is 1. The molecule has 7 nitrogen and oxygen atoms in total. The number of amides is 1. The summed E-state index contributed by atoms with van der Waals surface area (Å²) in [4.78, 5) is 28.2. The van der Waals surface area contributed by atoms with Crippen LogP contribution in [-0.2, 0) is 16.6 Å². The van der Waals surface area contributed by atoms with Crippen LogP contribution in [0.2, 0.25) is 0 Å². The third-order valence-electron chi connectivity index (χ3n) is 5.04. The molecule has 0 unspecified atom stereocenters. The van der Waals surface area contributed by atoms with E-state index < -0.39 is 17.9 Å². The van der Waals surface area contributed by atoms with E-state index in [1.165, 1.54) is 0 Å². The van der Waals surface area contributed by atoms with E-state index in [1.807, 2.05) is 53.7 Å². The number of carboxylic acid groups (broad SMARTS) is 1. The number of aliphatic carboxylic acids is 1. The van der Waals surface area contributed by atoms with Gasteiger partial charge in [-0.3, -0.25) is 14.3 Å². The number of carbonyl (C=O) groups excluding carboxylic acids is 1. The second kappa shape index (κ2) is 6.45. The SMILES string of the molecule is Cc1nn(C)c(N(C)C)c1[C@@H]1[C@H](C(=O)O)CC(=O)N1[C@H](C)C(C)C. The van der Waals surface area contributed by atoms with Crippen LogP contribution in [0.4, 0.5) is 5.82 Å². The zero-order chi connectivity index (χ0) is 18.3. The summed E-state index contributed by atoms with van der Waals surface area (Å²) in [7, 11) is 5.65. The molecule has 1 aliphatic heterocycles. The maximum atomic E-state index is 12.6. The third-order valence-corrected chi connectivity index (χ3v) is 5.04. The summed E-state index contributed by atoms with van der Waals surface area (Å²) in [6.07, 6.45) is 0.0399. The molecule has 0 spiro atoms. The monoisotopic (exact) mass is 336 g/mol. The van der Waals surface area contributed by atoms with Crippen molar-refractivity contribution in [3.05, 3.63) is 11.3 Å². The molecule has 1 aromatic heterocycles. The van der Waals surface area contributed by atoms with E-state index in [0.29, 0.717) is 0 Å². The van der Waals surface area contributed by atoms with Crippen molar-refractivity contribution in [2.75, 3.05) is 19.0 Å². The Morgan fingerprint density at radius 1 is 1.33 bits per heavy atom. The number of anilines is 1. The molecule has 1 amide bonds. The van der Waals surface area contributed by atoms with Crippen LogP contribution in [0.5, 0.6) is 0 Å². The number of hydrogen-bond donors (Lipinski definition) is 1. The molecule has 3 atom stereocenters. The molecular formula is C17H28N4O3. The molecule has 24 heavy (non-hydrogen) atoms. The maximum Gasteiger partial charge on any atom is 0.309 e. The smallest absolute Gasteiger partial charge is 0.309 e. The van der Waals surface area contributed by atoms with Gasteiger partial charge in [0.25, 0.3) is 0 Å². The number of rotatable bonds is 5. The Morgan fingerprint density at radius 2 is 1.92 bits per heavy atom. The first-order chi connectivity index (χ1) is 11.1. The molecule has 1 fully saturated rings. The van der Waals surface area contributed by atoms with Gasteiger partial charge in [0.1, 0.15) is 5.82 Å². The van der Waals surface area contributed by atoms with Gasteiger partial charge in [0.15, 0.2) is 0 Å². The molecule has 0 radical (unpaired) electrons. The van der Waals surface area contributed by atoms with E-state index in [0.717, 1.165) is 17.1 Å². The lowest BCUT2D eigenvalue weighted by Gasteiger charge is -2.35. The van der Waals surface area contributed by atoms with Crippen LogP contribution in [0.1, 0.15) is 44.5 Å². The number of likely N-dealkylation sites (tertiary alicyclic amines) is 1. The fourth-order valence-corrected chi connectivity index (χ4v) is 3.66. The second-order valence-electron chi connectivity index (χ2n) is 7.22. The summed E-state index contributed by atoms with van der Waals surface area (Å²) < 4.78 is 1.75. The zero-order valence-corrected chi connectivity index (χ0v) is 15.6. The van der Waals surface area contributed by atoms with Gasteiger partial charge in [0, 0.05) is 39.2 Å². The summed E-state index contributed by atoms with van der Waals surface area (Å²) in [5.74, 6) is -0.690. The minimum atomic E-state index is -0.931. The number of nitrogens with zero attached hydrogens (tertiary/aromatic N) is 4. The Morgan fingerprint density at radius 3 is 2.38 bits per heavy atom. The molecule has 1 N–H and O–H groups in total. The van der Waals surface area contributed by atoms with Gasteiger partial charge in [-0.25, -0.2) is 0 Å². The van der Waals surface area contributed by atoms with Crippen molar-refractivity contribution in [2.24, 2.45) is 18.9 Å². The van der Waals surface area contributed by atoms with Crippen LogP contribution >= 0.6 is 0 Å². The van der Waals surface area contributed by atoms with Crippen LogP contribution in [0.15, 0.2) is 0 Å². The summed E-state index contributed by atoms with van der Waals surface area (Å²) in [5, 5.41) is 14.2. The average Bonchev–Trinajstić information content (AvgIpc) is 2.94. The molecule has 2 heterocycles. The van der Waals surface area contributed by atoms with Gasteiger partial charge >= 0.3 is 5.97 Å². The molecule has 2 rings (SSSR count). The van der Waals surface area contributed by atoms with Crippen LogP contribution in [0, 0.1) is 18.8 Å². The van der Waals surface area contributed by atoms with E-state index in [-0.39, 0.29) is 24.3 Å². The Labute approximate surface area is 143 Å². The lowest BCUT2D eigenvalue weighted by Crippen LogP contribution is -2.41. The van der Waals surface area contributed by atoms with E-state index in [1.54, 1.807) is 9.58 Å².